The van der Waals surface area contributed by atoms with Gasteiger partial charge in [-0.25, -0.2) is 9.97 Å². The lowest BCUT2D eigenvalue weighted by Crippen LogP contribution is -2.31. The van der Waals surface area contributed by atoms with Crippen molar-refractivity contribution in [3.05, 3.63) is 60.2 Å². The molecule has 0 fully saturated rings. The molecule has 0 aliphatic heterocycles. The lowest BCUT2D eigenvalue weighted by atomic mass is 9.94. The fourth-order valence-electron chi connectivity index (χ4n) is 1.67. The van der Waals surface area contributed by atoms with Gasteiger partial charge in [0, 0.05) is 30.2 Å². The summed E-state index contributed by atoms with van der Waals surface area (Å²) >= 11 is 0. The summed E-state index contributed by atoms with van der Waals surface area (Å²) in [5.74, 6) is -1.76. The first-order valence-corrected chi connectivity index (χ1v) is 5.28. The van der Waals surface area contributed by atoms with Crippen molar-refractivity contribution in [3.63, 3.8) is 0 Å². The van der Waals surface area contributed by atoms with Crippen LogP contribution in [-0.4, -0.2) is 15.9 Å². The van der Waals surface area contributed by atoms with Crippen molar-refractivity contribution in [1.29, 1.82) is 0 Å². The van der Waals surface area contributed by atoms with E-state index in [0.29, 0.717) is 12.1 Å². The molecular formula is C13H11N2O2-. The Kier molecular flexibility index (Phi) is 3.45. The first kappa shape index (κ1) is 11.3. The number of carboxylic acids is 1. The fourth-order valence-corrected chi connectivity index (χ4v) is 1.67. The van der Waals surface area contributed by atoms with Crippen LogP contribution in [0, 0.1) is 0 Å². The monoisotopic (exact) mass is 227 g/mol. The third-order valence-corrected chi connectivity index (χ3v) is 2.54. The summed E-state index contributed by atoms with van der Waals surface area (Å²) < 4.78 is 0. The van der Waals surface area contributed by atoms with Crippen molar-refractivity contribution < 1.29 is 9.90 Å². The number of carboxylic acid groups (broad SMARTS) is 1. The molecule has 1 atom stereocenters. The summed E-state index contributed by atoms with van der Waals surface area (Å²) in [6.45, 7) is 0. The van der Waals surface area contributed by atoms with Crippen LogP contribution in [0.3, 0.4) is 0 Å². The molecule has 2 aromatic rings. The minimum atomic E-state index is -1.09. The van der Waals surface area contributed by atoms with Gasteiger partial charge in [0.15, 0.2) is 0 Å². The van der Waals surface area contributed by atoms with Crippen LogP contribution >= 0.6 is 0 Å². The van der Waals surface area contributed by atoms with Crippen molar-refractivity contribution in [2.75, 3.05) is 0 Å². The Morgan fingerprint density at radius 2 is 2.00 bits per heavy atom. The lowest BCUT2D eigenvalue weighted by Gasteiger charge is -2.17. The Morgan fingerprint density at radius 3 is 2.59 bits per heavy atom. The highest BCUT2D eigenvalue weighted by atomic mass is 16.4. The zero-order chi connectivity index (χ0) is 12.1. The number of hydrogen-bond acceptors (Lipinski definition) is 4. The first-order valence-electron chi connectivity index (χ1n) is 5.28. The Balaban J connectivity index is 2.23. The van der Waals surface area contributed by atoms with E-state index in [9.17, 15) is 9.90 Å². The summed E-state index contributed by atoms with van der Waals surface area (Å²) in [6, 6.07) is 10.7. The van der Waals surface area contributed by atoms with Gasteiger partial charge in [0.25, 0.3) is 0 Å². The van der Waals surface area contributed by atoms with Gasteiger partial charge in [-0.05, 0) is 11.6 Å². The van der Waals surface area contributed by atoms with Crippen LogP contribution in [0.1, 0.15) is 17.2 Å². The number of carbonyl (C=O) groups is 1. The number of rotatable bonds is 4. The molecule has 1 aromatic carbocycles. The van der Waals surface area contributed by atoms with E-state index in [-0.39, 0.29) is 0 Å². The molecule has 0 aliphatic carbocycles. The third-order valence-electron chi connectivity index (χ3n) is 2.54. The predicted octanol–water partition coefficient (Wildman–Crippen LogP) is 0.553. The standard InChI is InChI=1S/C13H12N2O2/c16-13(17)12(10-4-2-1-3-5-10)8-11-6-7-14-9-15-11/h1-7,9,12H,8H2,(H,16,17)/p-1. The summed E-state index contributed by atoms with van der Waals surface area (Å²) in [6.07, 6.45) is 3.32. The summed E-state index contributed by atoms with van der Waals surface area (Å²) in [5.41, 5.74) is 1.42. The molecule has 0 spiro atoms. The number of carbonyl (C=O) groups excluding carboxylic acids is 1. The third kappa shape index (κ3) is 2.87. The van der Waals surface area contributed by atoms with E-state index in [1.54, 1.807) is 24.4 Å². The molecule has 4 heteroatoms. The van der Waals surface area contributed by atoms with Crippen molar-refractivity contribution in [2.24, 2.45) is 0 Å². The van der Waals surface area contributed by atoms with Gasteiger partial charge < -0.3 is 9.90 Å². The highest BCUT2D eigenvalue weighted by Gasteiger charge is 2.13. The summed E-state index contributed by atoms with van der Waals surface area (Å²) in [5, 5.41) is 11.1. The summed E-state index contributed by atoms with van der Waals surface area (Å²) in [7, 11) is 0. The van der Waals surface area contributed by atoms with Gasteiger partial charge >= 0.3 is 0 Å². The Hall–Kier alpha value is -2.23. The smallest absolute Gasteiger partial charge is 0.115 e. The maximum atomic E-state index is 11.1. The number of nitrogens with zero attached hydrogens (tertiary/aromatic N) is 2. The quantitative estimate of drug-likeness (QED) is 0.765. The molecule has 0 bridgehead atoms. The minimum absolute atomic E-state index is 0.314. The van der Waals surface area contributed by atoms with Gasteiger partial charge in [-0.3, -0.25) is 0 Å². The molecule has 0 radical (unpaired) electrons. The molecule has 0 saturated heterocycles. The molecule has 4 nitrogen and oxygen atoms in total. The van der Waals surface area contributed by atoms with Crippen LogP contribution < -0.4 is 5.11 Å². The largest absolute Gasteiger partial charge is 0.549 e. The van der Waals surface area contributed by atoms with E-state index in [0.717, 1.165) is 5.56 Å². The van der Waals surface area contributed by atoms with Crippen LogP contribution in [0.25, 0.3) is 0 Å². The fraction of sp³-hybridized carbons (Fsp3) is 0.154. The molecule has 0 amide bonds. The number of hydrogen-bond donors (Lipinski definition) is 0. The molecule has 86 valence electrons. The Bertz CT molecular complexity index is 485. The highest BCUT2D eigenvalue weighted by Crippen LogP contribution is 2.18. The Labute approximate surface area is 99.0 Å². The van der Waals surface area contributed by atoms with Crippen LogP contribution in [0.2, 0.25) is 0 Å². The molecular weight excluding hydrogens is 216 g/mol. The van der Waals surface area contributed by atoms with E-state index in [4.69, 9.17) is 0 Å². The van der Waals surface area contributed by atoms with Gasteiger partial charge in [-0.15, -0.1) is 0 Å². The van der Waals surface area contributed by atoms with Gasteiger partial charge in [0.2, 0.25) is 0 Å². The van der Waals surface area contributed by atoms with E-state index in [2.05, 4.69) is 9.97 Å². The molecule has 1 unspecified atom stereocenters. The molecule has 0 aliphatic rings. The van der Waals surface area contributed by atoms with Crippen molar-refractivity contribution in [2.45, 2.75) is 12.3 Å². The SMILES string of the molecule is O=C([O-])C(Cc1ccncn1)c1ccccc1. The first-order chi connectivity index (χ1) is 8.27. The second kappa shape index (κ2) is 5.21. The van der Waals surface area contributed by atoms with Crippen molar-refractivity contribution in [1.82, 2.24) is 9.97 Å². The topological polar surface area (TPSA) is 65.9 Å². The number of aliphatic carboxylic acids is 1. The second-order valence-corrected chi connectivity index (χ2v) is 3.69. The van der Waals surface area contributed by atoms with E-state index in [1.807, 2.05) is 18.2 Å². The lowest BCUT2D eigenvalue weighted by molar-refractivity contribution is -0.308. The van der Waals surface area contributed by atoms with Crippen molar-refractivity contribution >= 4 is 5.97 Å². The molecule has 1 heterocycles. The molecule has 2 rings (SSSR count). The van der Waals surface area contributed by atoms with Crippen LogP contribution in [-0.2, 0) is 11.2 Å². The molecule has 0 N–H and O–H groups in total. The Morgan fingerprint density at radius 1 is 1.24 bits per heavy atom. The second-order valence-electron chi connectivity index (χ2n) is 3.69. The minimum Gasteiger partial charge on any atom is -0.549 e. The maximum Gasteiger partial charge on any atom is 0.115 e. The molecule has 1 aromatic heterocycles. The normalized spacial score (nSPS) is 12.0. The average molecular weight is 227 g/mol. The number of benzene rings is 1. The molecule has 0 saturated carbocycles. The van der Waals surface area contributed by atoms with Crippen LogP contribution in [0.4, 0.5) is 0 Å². The van der Waals surface area contributed by atoms with E-state index >= 15 is 0 Å². The maximum absolute atomic E-state index is 11.1. The highest BCUT2D eigenvalue weighted by molar-refractivity contribution is 5.74. The van der Waals surface area contributed by atoms with Crippen LogP contribution in [0.15, 0.2) is 48.9 Å². The van der Waals surface area contributed by atoms with Gasteiger partial charge in [-0.2, -0.15) is 0 Å². The van der Waals surface area contributed by atoms with Gasteiger partial charge in [0.05, 0.1) is 0 Å². The van der Waals surface area contributed by atoms with Gasteiger partial charge in [-0.1, -0.05) is 30.3 Å². The molecule has 17 heavy (non-hydrogen) atoms. The zero-order valence-corrected chi connectivity index (χ0v) is 9.11. The average Bonchev–Trinajstić information content (AvgIpc) is 2.38. The summed E-state index contributed by atoms with van der Waals surface area (Å²) in [4.78, 5) is 19.0. The van der Waals surface area contributed by atoms with Crippen molar-refractivity contribution in [3.8, 4) is 0 Å². The van der Waals surface area contributed by atoms with Gasteiger partial charge in [0.1, 0.15) is 6.33 Å². The van der Waals surface area contributed by atoms with Crippen LogP contribution in [0.5, 0.6) is 0 Å². The zero-order valence-electron chi connectivity index (χ0n) is 9.11. The number of aromatic nitrogens is 2. The van der Waals surface area contributed by atoms with E-state index < -0.39 is 11.9 Å². The predicted molar refractivity (Wildman–Crippen MR) is 59.9 cm³/mol. The van der Waals surface area contributed by atoms with E-state index in [1.165, 1.54) is 6.33 Å².